The Morgan fingerprint density at radius 1 is 1.18 bits per heavy atom. The first-order valence-corrected chi connectivity index (χ1v) is 5.03. The van der Waals surface area contributed by atoms with Crippen LogP contribution in [0.3, 0.4) is 0 Å². The zero-order chi connectivity index (χ0) is 7.59. The van der Waals surface area contributed by atoms with Crippen LogP contribution >= 0.6 is 0 Å². The van der Waals surface area contributed by atoms with E-state index in [0.717, 1.165) is 30.2 Å². The summed E-state index contributed by atoms with van der Waals surface area (Å²) in [7, 11) is 0. The first-order valence-electron chi connectivity index (χ1n) is 5.03. The van der Waals surface area contributed by atoms with Crippen molar-refractivity contribution in [3.05, 3.63) is 0 Å². The molecule has 11 heavy (non-hydrogen) atoms. The highest BCUT2D eigenvalue weighted by Crippen LogP contribution is 2.73. The van der Waals surface area contributed by atoms with E-state index in [9.17, 15) is 0 Å². The molecule has 62 valence electrons. The Labute approximate surface area is 68.3 Å². The van der Waals surface area contributed by atoms with E-state index in [1.165, 1.54) is 11.8 Å². The van der Waals surface area contributed by atoms with Gasteiger partial charge in [0.15, 0.2) is 0 Å². The summed E-state index contributed by atoms with van der Waals surface area (Å²) < 4.78 is 0. The molecule has 1 heteroatoms. The second kappa shape index (κ2) is 1.82. The molecule has 0 aromatic rings. The van der Waals surface area contributed by atoms with E-state index in [1.807, 2.05) is 0 Å². The highest BCUT2D eigenvalue weighted by atomic mass is 14.7. The van der Waals surface area contributed by atoms with E-state index in [4.69, 9.17) is 5.73 Å². The summed E-state index contributed by atoms with van der Waals surface area (Å²) in [6.07, 6.45) is 3.12. The van der Waals surface area contributed by atoms with Crippen LogP contribution in [0.4, 0.5) is 0 Å². The van der Waals surface area contributed by atoms with Crippen molar-refractivity contribution in [1.29, 1.82) is 0 Å². The lowest BCUT2D eigenvalue weighted by atomic mass is 9.60. The summed E-state index contributed by atoms with van der Waals surface area (Å²) in [4.78, 5) is 0. The lowest BCUT2D eigenvalue weighted by Crippen LogP contribution is -2.38. The highest BCUT2D eigenvalue weighted by Gasteiger charge is 2.67. The zero-order valence-electron chi connectivity index (χ0n) is 7.16. The third-order valence-electron chi connectivity index (χ3n) is 4.76. The monoisotopic (exact) mass is 151 g/mol. The minimum Gasteiger partial charge on any atom is -0.330 e. The smallest absolute Gasteiger partial charge is 0.00486 e. The van der Waals surface area contributed by atoms with Gasteiger partial charge in [0.05, 0.1) is 0 Å². The predicted molar refractivity (Wildman–Crippen MR) is 44.9 cm³/mol. The maximum absolute atomic E-state index is 5.71. The van der Waals surface area contributed by atoms with Gasteiger partial charge in [-0.15, -0.1) is 0 Å². The molecule has 5 fully saturated rings. The summed E-state index contributed by atoms with van der Waals surface area (Å²) in [5, 5.41) is 0. The van der Waals surface area contributed by atoms with Crippen LogP contribution in [0, 0.1) is 35.5 Å². The number of nitrogens with two attached hydrogens (primary N) is 1. The molecule has 5 unspecified atom stereocenters. The second-order valence-corrected chi connectivity index (χ2v) is 4.92. The first-order chi connectivity index (χ1) is 5.33. The van der Waals surface area contributed by atoms with E-state index in [2.05, 4.69) is 6.92 Å². The van der Waals surface area contributed by atoms with Crippen LogP contribution in [0.15, 0.2) is 0 Å². The largest absolute Gasteiger partial charge is 0.330 e. The van der Waals surface area contributed by atoms with Gasteiger partial charge in [-0.2, -0.15) is 0 Å². The fourth-order valence-electron chi connectivity index (χ4n) is 4.12. The maximum atomic E-state index is 5.71. The molecule has 0 radical (unpaired) electrons. The van der Waals surface area contributed by atoms with Crippen molar-refractivity contribution >= 4 is 0 Å². The number of hydrogen-bond donors (Lipinski definition) is 1. The van der Waals surface area contributed by atoms with E-state index >= 15 is 0 Å². The summed E-state index contributed by atoms with van der Waals surface area (Å²) in [6.45, 7) is 3.26. The van der Waals surface area contributed by atoms with E-state index < -0.39 is 0 Å². The standard InChI is InChI=1S/C10H17N/c1-5(4-11)10-8-2-6-7(8)3-9(6)10/h5-10H,2-4,11H2,1H3. The van der Waals surface area contributed by atoms with Crippen molar-refractivity contribution in [1.82, 2.24) is 0 Å². The molecular weight excluding hydrogens is 134 g/mol. The van der Waals surface area contributed by atoms with Crippen LogP contribution in [0.1, 0.15) is 19.8 Å². The lowest BCUT2D eigenvalue weighted by molar-refractivity contribution is 0.0374. The lowest BCUT2D eigenvalue weighted by Gasteiger charge is -2.45. The van der Waals surface area contributed by atoms with Gasteiger partial charge in [-0.25, -0.2) is 0 Å². The molecular formula is C10H17N. The molecule has 0 heterocycles. The van der Waals surface area contributed by atoms with Crippen molar-refractivity contribution in [3.8, 4) is 0 Å². The Kier molecular flexibility index (Phi) is 1.07. The Morgan fingerprint density at radius 2 is 1.73 bits per heavy atom. The van der Waals surface area contributed by atoms with Gasteiger partial charge in [0, 0.05) is 0 Å². The third-order valence-corrected chi connectivity index (χ3v) is 4.76. The normalized spacial score (nSPS) is 60.0. The minimum absolute atomic E-state index is 0.808. The molecule has 5 aliphatic carbocycles. The van der Waals surface area contributed by atoms with Gasteiger partial charge in [-0.1, -0.05) is 6.92 Å². The summed E-state index contributed by atoms with van der Waals surface area (Å²) >= 11 is 0. The SMILES string of the molecule is CC(CN)C1C2CC3C2CC31. The predicted octanol–water partition coefficient (Wildman–Crippen LogP) is 1.48. The summed E-state index contributed by atoms with van der Waals surface area (Å²) in [5.41, 5.74) is 5.71. The van der Waals surface area contributed by atoms with Gasteiger partial charge in [0.1, 0.15) is 0 Å². The average molecular weight is 151 g/mol. The third kappa shape index (κ3) is 0.547. The highest BCUT2D eigenvalue weighted by molar-refractivity contribution is 5.15. The fraction of sp³-hybridized carbons (Fsp3) is 1.00. The van der Waals surface area contributed by atoms with Crippen LogP contribution < -0.4 is 5.73 Å². The molecule has 0 aromatic heterocycles. The molecule has 0 spiro atoms. The molecule has 5 aliphatic rings. The summed E-state index contributed by atoms with van der Waals surface area (Å²) in [5.74, 6) is 6.41. The molecule has 0 aromatic carbocycles. The Bertz CT molecular complexity index is 173. The molecule has 4 bridgehead atoms. The molecule has 0 aliphatic heterocycles. The van der Waals surface area contributed by atoms with Gasteiger partial charge in [-0.3, -0.25) is 0 Å². The van der Waals surface area contributed by atoms with Crippen LogP contribution in [0.25, 0.3) is 0 Å². The molecule has 1 nitrogen and oxygen atoms in total. The number of rotatable bonds is 2. The van der Waals surface area contributed by atoms with Crippen molar-refractivity contribution in [2.24, 2.45) is 41.2 Å². The van der Waals surface area contributed by atoms with Crippen molar-refractivity contribution < 1.29 is 0 Å². The molecule has 0 amide bonds. The van der Waals surface area contributed by atoms with Crippen LogP contribution in [-0.2, 0) is 0 Å². The summed E-state index contributed by atoms with van der Waals surface area (Å²) in [6, 6.07) is 0. The Morgan fingerprint density at radius 3 is 2.09 bits per heavy atom. The zero-order valence-corrected chi connectivity index (χ0v) is 7.16. The van der Waals surface area contributed by atoms with Crippen molar-refractivity contribution in [2.45, 2.75) is 19.8 Å². The molecule has 2 N–H and O–H groups in total. The van der Waals surface area contributed by atoms with Crippen LogP contribution in [0.2, 0.25) is 0 Å². The molecule has 5 atom stereocenters. The van der Waals surface area contributed by atoms with Gasteiger partial charge in [0.2, 0.25) is 0 Å². The van der Waals surface area contributed by atoms with Crippen molar-refractivity contribution in [2.75, 3.05) is 6.54 Å². The minimum atomic E-state index is 0.808. The van der Waals surface area contributed by atoms with Gasteiger partial charge in [-0.05, 0) is 54.9 Å². The van der Waals surface area contributed by atoms with E-state index in [1.54, 1.807) is 12.8 Å². The van der Waals surface area contributed by atoms with Gasteiger partial charge in [0.25, 0.3) is 0 Å². The van der Waals surface area contributed by atoms with Gasteiger partial charge < -0.3 is 5.73 Å². The quantitative estimate of drug-likeness (QED) is 0.635. The Balaban J connectivity index is 1.80. The molecule has 5 rings (SSSR count). The first kappa shape index (κ1) is 6.47. The van der Waals surface area contributed by atoms with Crippen LogP contribution in [-0.4, -0.2) is 6.54 Å². The average Bonchev–Trinajstić information content (AvgIpc) is 2.58. The molecule has 0 saturated heterocycles. The fourth-order valence-corrected chi connectivity index (χ4v) is 4.12. The number of hydrogen-bond acceptors (Lipinski definition) is 1. The second-order valence-electron chi connectivity index (χ2n) is 4.92. The van der Waals surface area contributed by atoms with Crippen LogP contribution in [0.5, 0.6) is 0 Å². The van der Waals surface area contributed by atoms with E-state index in [0.29, 0.717) is 0 Å². The molecule has 5 saturated carbocycles. The van der Waals surface area contributed by atoms with Crippen molar-refractivity contribution in [3.63, 3.8) is 0 Å². The van der Waals surface area contributed by atoms with Gasteiger partial charge >= 0.3 is 0 Å². The Hall–Kier alpha value is -0.0400. The topological polar surface area (TPSA) is 26.0 Å². The van der Waals surface area contributed by atoms with E-state index in [-0.39, 0.29) is 0 Å². The maximum Gasteiger partial charge on any atom is -0.00486 e.